The van der Waals surface area contributed by atoms with Crippen LogP contribution in [0, 0.1) is 6.92 Å². The predicted molar refractivity (Wildman–Crippen MR) is 53.1 cm³/mol. The second-order valence-corrected chi connectivity index (χ2v) is 3.97. The standard InChI is InChI=1S/C8H8Br2O/c1-5-3-6(9)8(11-2)7(10)4-5/h3-4H,1-2H3. The molecule has 0 bridgehead atoms. The van der Waals surface area contributed by atoms with Crippen molar-refractivity contribution in [1.82, 2.24) is 0 Å². The van der Waals surface area contributed by atoms with Crippen molar-refractivity contribution in [2.75, 3.05) is 7.11 Å². The fraction of sp³-hybridized carbons (Fsp3) is 0.250. The topological polar surface area (TPSA) is 9.23 Å². The van der Waals surface area contributed by atoms with Crippen molar-refractivity contribution in [1.29, 1.82) is 0 Å². The van der Waals surface area contributed by atoms with E-state index in [0.29, 0.717) is 0 Å². The lowest BCUT2D eigenvalue weighted by Crippen LogP contribution is -1.86. The summed E-state index contributed by atoms with van der Waals surface area (Å²) in [6.45, 7) is 2.04. The third-order valence-corrected chi connectivity index (χ3v) is 2.52. The largest absolute Gasteiger partial charge is 0.494 e. The Morgan fingerprint density at radius 3 is 2.00 bits per heavy atom. The number of ether oxygens (including phenoxy) is 1. The summed E-state index contributed by atoms with van der Waals surface area (Å²) in [5.74, 6) is 0.843. The van der Waals surface area contributed by atoms with Crippen LogP contribution in [0.1, 0.15) is 5.56 Å². The molecule has 0 saturated heterocycles. The van der Waals surface area contributed by atoms with Gasteiger partial charge in [-0.3, -0.25) is 0 Å². The minimum absolute atomic E-state index is 0.843. The van der Waals surface area contributed by atoms with Gasteiger partial charge in [0.25, 0.3) is 0 Å². The number of hydrogen-bond donors (Lipinski definition) is 0. The van der Waals surface area contributed by atoms with Gasteiger partial charge < -0.3 is 4.74 Å². The van der Waals surface area contributed by atoms with E-state index in [4.69, 9.17) is 4.74 Å². The van der Waals surface area contributed by atoms with E-state index in [1.54, 1.807) is 7.11 Å². The van der Waals surface area contributed by atoms with Gasteiger partial charge in [-0.25, -0.2) is 0 Å². The highest BCUT2D eigenvalue weighted by Gasteiger charge is 2.04. The minimum atomic E-state index is 0.843. The van der Waals surface area contributed by atoms with E-state index in [-0.39, 0.29) is 0 Å². The predicted octanol–water partition coefficient (Wildman–Crippen LogP) is 3.53. The first-order valence-corrected chi connectivity index (χ1v) is 4.73. The Morgan fingerprint density at radius 1 is 1.18 bits per heavy atom. The Balaban J connectivity index is 3.25. The van der Waals surface area contributed by atoms with Crippen LogP contribution in [0.4, 0.5) is 0 Å². The molecule has 0 N–H and O–H groups in total. The lowest BCUT2D eigenvalue weighted by molar-refractivity contribution is 0.409. The number of methoxy groups -OCH3 is 1. The number of hydrogen-bond acceptors (Lipinski definition) is 1. The molecule has 0 atom stereocenters. The van der Waals surface area contributed by atoms with Crippen molar-refractivity contribution in [2.24, 2.45) is 0 Å². The van der Waals surface area contributed by atoms with Gasteiger partial charge in [0.1, 0.15) is 5.75 Å². The molecule has 0 aliphatic heterocycles. The van der Waals surface area contributed by atoms with Gasteiger partial charge in [0, 0.05) is 0 Å². The smallest absolute Gasteiger partial charge is 0.147 e. The second-order valence-electron chi connectivity index (χ2n) is 2.26. The maximum atomic E-state index is 5.14. The maximum Gasteiger partial charge on any atom is 0.147 e. The Morgan fingerprint density at radius 2 is 1.64 bits per heavy atom. The zero-order chi connectivity index (χ0) is 8.43. The quantitative estimate of drug-likeness (QED) is 0.764. The average molecular weight is 280 g/mol. The van der Waals surface area contributed by atoms with Gasteiger partial charge in [-0.2, -0.15) is 0 Å². The van der Waals surface area contributed by atoms with Crippen LogP contribution in [-0.2, 0) is 0 Å². The van der Waals surface area contributed by atoms with Gasteiger partial charge in [-0.15, -0.1) is 0 Å². The number of halogens is 2. The van der Waals surface area contributed by atoms with Crippen LogP contribution in [0.25, 0.3) is 0 Å². The van der Waals surface area contributed by atoms with Gasteiger partial charge in [0.2, 0.25) is 0 Å². The van der Waals surface area contributed by atoms with Gasteiger partial charge >= 0.3 is 0 Å². The minimum Gasteiger partial charge on any atom is -0.494 e. The number of aryl methyl sites for hydroxylation is 1. The van der Waals surface area contributed by atoms with E-state index < -0.39 is 0 Å². The van der Waals surface area contributed by atoms with E-state index in [1.807, 2.05) is 19.1 Å². The zero-order valence-electron chi connectivity index (χ0n) is 6.32. The Labute approximate surface area is 83.0 Å². The van der Waals surface area contributed by atoms with Gasteiger partial charge in [0.05, 0.1) is 16.1 Å². The molecule has 1 aromatic rings. The highest BCUT2D eigenvalue weighted by Crippen LogP contribution is 2.33. The van der Waals surface area contributed by atoms with Crippen LogP contribution in [-0.4, -0.2) is 7.11 Å². The summed E-state index contributed by atoms with van der Waals surface area (Å²) in [6.07, 6.45) is 0. The third kappa shape index (κ3) is 1.97. The molecule has 0 fully saturated rings. The molecule has 1 rings (SSSR count). The number of rotatable bonds is 1. The fourth-order valence-corrected chi connectivity index (χ4v) is 2.62. The van der Waals surface area contributed by atoms with Crippen molar-refractivity contribution in [2.45, 2.75) is 6.92 Å². The molecule has 0 amide bonds. The summed E-state index contributed by atoms with van der Waals surface area (Å²) in [5, 5.41) is 0. The molecule has 3 heteroatoms. The van der Waals surface area contributed by atoms with E-state index in [9.17, 15) is 0 Å². The zero-order valence-corrected chi connectivity index (χ0v) is 9.49. The molecule has 0 aromatic heterocycles. The van der Waals surface area contributed by atoms with Gasteiger partial charge in [0.15, 0.2) is 0 Å². The molecule has 0 saturated carbocycles. The van der Waals surface area contributed by atoms with Crippen LogP contribution in [0.2, 0.25) is 0 Å². The summed E-state index contributed by atoms with van der Waals surface area (Å²) >= 11 is 6.81. The number of benzene rings is 1. The summed E-state index contributed by atoms with van der Waals surface area (Å²) in [6, 6.07) is 4.03. The molecule has 0 heterocycles. The Kier molecular flexibility index (Phi) is 2.96. The molecule has 1 aromatic carbocycles. The van der Waals surface area contributed by atoms with Crippen LogP contribution < -0.4 is 4.74 Å². The highest BCUT2D eigenvalue weighted by molar-refractivity contribution is 9.11. The van der Waals surface area contributed by atoms with Gasteiger partial charge in [-0.1, -0.05) is 0 Å². The third-order valence-electron chi connectivity index (χ3n) is 1.35. The van der Waals surface area contributed by atoms with E-state index in [0.717, 1.165) is 14.7 Å². The van der Waals surface area contributed by atoms with E-state index >= 15 is 0 Å². The summed E-state index contributed by atoms with van der Waals surface area (Å²) in [4.78, 5) is 0. The van der Waals surface area contributed by atoms with E-state index in [1.165, 1.54) is 5.56 Å². The van der Waals surface area contributed by atoms with Gasteiger partial charge in [-0.05, 0) is 56.5 Å². The first-order chi connectivity index (χ1) is 5.15. The first-order valence-electron chi connectivity index (χ1n) is 3.15. The molecular weight excluding hydrogens is 272 g/mol. The van der Waals surface area contributed by atoms with Crippen molar-refractivity contribution in [3.63, 3.8) is 0 Å². The molecule has 11 heavy (non-hydrogen) atoms. The molecule has 0 unspecified atom stereocenters. The monoisotopic (exact) mass is 278 g/mol. The maximum absolute atomic E-state index is 5.14. The SMILES string of the molecule is COc1c(Br)cc(C)cc1Br. The van der Waals surface area contributed by atoms with Crippen molar-refractivity contribution < 1.29 is 4.74 Å². The molecule has 60 valence electrons. The van der Waals surface area contributed by atoms with Crippen molar-refractivity contribution >= 4 is 31.9 Å². The lowest BCUT2D eigenvalue weighted by atomic mass is 10.2. The summed E-state index contributed by atoms with van der Waals surface area (Å²) in [5.41, 5.74) is 1.20. The summed E-state index contributed by atoms with van der Waals surface area (Å²) < 4.78 is 7.09. The Hall–Kier alpha value is -0.0200. The second kappa shape index (κ2) is 3.59. The van der Waals surface area contributed by atoms with Crippen LogP contribution in [0.3, 0.4) is 0 Å². The van der Waals surface area contributed by atoms with Crippen molar-refractivity contribution in [3.8, 4) is 5.75 Å². The molecule has 0 aliphatic carbocycles. The molecule has 0 spiro atoms. The molecular formula is C8H8Br2O. The molecule has 1 nitrogen and oxygen atoms in total. The van der Waals surface area contributed by atoms with E-state index in [2.05, 4.69) is 31.9 Å². The first kappa shape index (κ1) is 9.07. The van der Waals surface area contributed by atoms with Crippen LogP contribution in [0.5, 0.6) is 5.75 Å². The Bertz CT molecular complexity index is 248. The summed E-state index contributed by atoms with van der Waals surface area (Å²) in [7, 11) is 1.65. The fourth-order valence-electron chi connectivity index (χ4n) is 0.882. The lowest BCUT2D eigenvalue weighted by Gasteiger charge is -2.06. The highest BCUT2D eigenvalue weighted by atomic mass is 79.9. The molecule has 0 radical (unpaired) electrons. The van der Waals surface area contributed by atoms with Crippen LogP contribution in [0.15, 0.2) is 21.1 Å². The normalized spacial score (nSPS) is 9.82. The van der Waals surface area contributed by atoms with Crippen LogP contribution >= 0.6 is 31.9 Å². The average Bonchev–Trinajstić information content (AvgIpc) is 1.85. The molecule has 0 aliphatic rings. The van der Waals surface area contributed by atoms with Crippen molar-refractivity contribution in [3.05, 3.63) is 26.6 Å².